The van der Waals surface area contributed by atoms with E-state index in [-0.39, 0.29) is 5.75 Å². The molecule has 0 radical (unpaired) electrons. The number of carbonyl (C=O) groups is 1. The molecule has 0 saturated heterocycles. The number of aliphatic hydroxyl groups is 1. The number of aromatic nitrogens is 1. The van der Waals surface area contributed by atoms with E-state index in [1.807, 2.05) is 0 Å². The Kier molecular flexibility index (Phi) is 3.49. The van der Waals surface area contributed by atoms with E-state index in [4.69, 9.17) is 5.11 Å². The van der Waals surface area contributed by atoms with Gasteiger partial charge >= 0.3 is 5.97 Å². The normalized spacial score (nSPS) is 14.7. The van der Waals surface area contributed by atoms with E-state index >= 15 is 0 Å². The molecular formula is C9H11NO3S. The van der Waals surface area contributed by atoms with Gasteiger partial charge in [0.25, 0.3) is 0 Å². The molecule has 0 spiro atoms. The number of aliphatic carboxylic acids is 1. The second-order valence-corrected chi connectivity index (χ2v) is 4.10. The Morgan fingerprint density at radius 2 is 2.14 bits per heavy atom. The molecule has 0 aliphatic carbocycles. The summed E-state index contributed by atoms with van der Waals surface area (Å²) in [5.41, 5.74) is -1.69. The number of thioether (sulfide) groups is 1. The molecule has 0 bridgehead atoms. The molecule has 0 amide bonds. The molecule has 1 aromatic heterocycles. The molecule has 2 N–H and O–H groups in total. The van der Waals surface area contributed by atoms with Gasteiger partial charge in [-0.1, -0.05) is 0 Å². The van der Waals surface area contributed by atoms with Crippen LogP contribution in [0.15, 0.2) is 29.4 Å². The third-order valence-corrected chi connectivity index (χ3v) is 2.94. The molecule has 76 valence electrons. The van der Waals surface area contributed by atoms with Gasteiger partial charge < -0.3 is 10.2 Å². The fourth-order valence-corrected chi connectivity index (χ4v) is 1.61. The highest BCUT2D eigenvalue weighted by Crippen LogP contribution is 2.21. The van der Waals surface area contributed by atoms with E-state index in [1.54, 1.807) is 24.5 Å². The summed E-state index contributed by atoms with van der Waals surface area (Å²) in [6.07, 6.45) is 3.25. The maximum absolute atomic E-state index is 10.6. The van der Waals surface area contributed by atoms with Crippen molar-refractivity contribution in [3.8, 4) is 0 Å². The third kappa shape index (κ3) is 3.01. The van der Waals surface area contributed by atoms with E-state index in [0.29, 0.717) is 0 Å². The van der Waals surface area contributed by atoms with Crippen molar-refractivity contribution in [1.29, 1.82) is 0 Å². The van der Waals surface area contributed by atoms with Crippen molar-refractivity contribution in [2.24, 2.45) is 0 Å². The van der Waals surface area contributed by atoms with Crippen LogP contribution in [0, 0.1) is 0 Å². The average Bonchev–Trinajstić information content (AvgIpc) is 2.16. The first-order chi connectivity index (χ1) is 6.52. The molecule has 4 nitrogen and oxygen atoms in total. The van der Waals surface area contributed by atoms with Gasteiger partial charge in [-0.15, -0.1) is 11.8 Å². The van der Waals surface area contributed by atoms with Crippen LogP contribution in [-0.4, -0.2) is 32.5 Å². The lowest BCUT2D eigenvalue weighted by molar-refractivity contribution is -0.154. The summed E-state index contributed by atoms with van der Waals surface area (Å²) in [4.78, 5) is 15.3. The SMILES string of the molecule is CC(O)(CSc1ccncc1)C(=O)O. The Labute approximate surface area is 86.0 Å². The first-order valence-corrected chi connectivity index (χ1v) is 4.99. The zero-order valence-corrected chi connectivity index (χ0v) is 8.49. The number of pyridine rings is 1. The summed E-state index contributed by atoms with van der Waals surface area (Å²) >= 11 is 1.28. The highest BCUT2D eigenvalue weighted by atomic mass is 32.2. The average molecular weight is 213 g/mol. The molecule has 1 rings (SSSR count). The van der Waals surface area contributed by atoms with Crippen molar-refractivity contribution >= 4 is 17.7 Å². The fraction of sp³-hybridized carbons (Fsp3) is 0.333. The summed E-state index contributed by atoms with van der Waals surface area (Å²) in [5.74, 6) is -1.09. The zero-order chi connectivity index (χ0) is 10.6. The molecule has 0 aliphatic heterocycles. The molecule has 0 aliphatic rings. The minimum atomic E-state index is -1.69. The highest BCUT2D eigenvalue weighted by Gasteiger charge is 2.29. The van der Waals surface area contributed by atoms with Crippen LogP contribution in [0.3, 0.4) is 0 Å². The first kappa shape index (κ1) is 11.0. The maximum Gasteiger partial charge on any atom is 0.336 e. The van der Waals surface area contributed by atoms with Gasteiger partial charge in [0.1, 0.15) is 0 Å². The Morgan fingerprint density at radius 1 is 1.57 bits per heavy atom. The molecule has 5 heteroatoms. The molecule has 1 aromatic rings. The van der Waals surface area contributed by atoms with Gasteiger partial charge in [-0.2, -0.15) is 0 Å². The molecule has 0 saturated carbocycles. The number of hydrogen-bond donors (Lipinski definition) is 2. The maximum atomic E-state index is 10.6. The second-order valence-electron chi connectivity index (χ2n) is 3.05. The van der Waals surface area contributed by atoms with Gasteiger partial charge in [0, 0.05) is 23.0 Å². The highest BCUT2D eigenvalue weighted by molar-refractivity contribution is 7.99. The van der Waals surface area contributed by atoms with Gasteiger partial charge in [-0.05, 0) is 19.1 Å². The summed E-state index contributed by atoms with van der Waals surface area (Å²) in [5, 5.41) is 18.1. The Bertz CT molecular complexity index is 313. The van der Waals surface area contributed by atoms with Crippen LogP contribution < -0.4 is 0 Å². The van der Waals surface area contributed by atoms with Crippen molar-refractivity contribution in [3.05, 3.63) is 24.5 Å². The predicted octanol–water partition coefficient (Wildman–Crippen LogP) is 1.01. The smallest absolute Gasteiger partial charge is 0.336 e. The number of rotatable bonds is 4. The van der Waals surface area contributed by atoms with E-state index in [1.165, 1.54) is 18.7 Å². The van der Waals surface area contributed by atoms with Crippen LogP contribution in [0.1, 0.15) is 6.92 Å². The molecule has 1 atom stereocenters. The Morgan fingerprint density at radius 3 is 2.64 bits per heavy atom. The van der Waals surface area contributed by atoms with Crippen molar-refractivity contribution in [3.63, 3.8) is 0 Å². The van der Waals surface area contributed by atoms with Crippen LogP contribution >= 0.6 is 11.8 Å². The van der Waals surface area contributed by atoms with Crippen molar-refractivity contribution in [1.82, 2.24) is 4.98 Å². The minimum absolute atomic E-state index is 0.117. The van der Waals surface area contributed by atoms with Crippen LogP contribution in [-0.2, 0) is 4.79 Å². The lowest BCUT2D eigenvalue weighted by atomic mass is 10.1. The molecule has 14 heavy (non-hydrogen) atoms. The second kappa shape index (κ2) is 4.43. The molecule has 0 aromatic carbocycles. The Balaban J connectivity index is 2.53. The summed E-state index contributed by atoms with van der Waals surface area (Å²) in [6.45, 7) is 1.28. The standard InChI is InChI=1S/C9H11NO3S/c1-9(13,8(11)12)6-14-7-2-4-10-5-3-7/h2-5,13H,6H2,1H3,(H,11,12). The van der Waals surface area contributed by atoms with E-state index < -0.39 is 11.6 Å². The van der Waals surface area contributed by atoms with Gasteiger partial charge in [0.15, 0.2) is 5.60 Å². The van der Waals surface area contributed by atoms with Gasteiger partial charge in [-0.25, -0.2) is 4.79 Å². The predicted molar refractivity (Wildman–Crippen MR) is 53.2 cm³/mol. The van der Waals surface area contributed by atoms with Crippen molar-refractivity contribution in [2.45, 2.75) is 17.4 Å². The Hall–Kier alpha value is -1.07. The van der Waals surface area contributed by atoms with Crippen molar-refractivity contribution < 1.29 is 15.0 Å². The van der Waals surface area contributed by atoms with E-state index in [0.717, 1.165) is 4.90 Å². The van der Waals surface area contributed by atoms with Gasteiger partial charge in [0.05, 0.1) is 0 Å². The molecular weight excluding hydrogens is 202 g/mol. The van der Waals surface area contributed by atoms with E-state index in [9.17, 15) is 9.90 Å². The molecule has 1 heterocycles. The van der Waals surface area contributed by atoms with Crippen LogP contribution in [0.25, 0.3) is 0 Å². The largest absolute Gasteiger partial charge is 0.479 e. The molecule has 0 fully saturated rings. The monoisotopic (exact) mass is 213 g/mol. The van der Waals surface area contributed by atoms with Gasteiger partial charge in [0.2, 0.25) is 0 Å². The number of hydrogen-bond acceptors (Lipinski definition) is 4. The molecule has 1 unspecified atom stereocenters. The first-order valence-electron chi connectivity index (χ1n) is 4.01. The fourth-order valence-electron chi connectivity index (χ4n) is 0.720. The summed E-state index contributed by atoms with van der Waals surface area (Å²) in [7, 11) is 0. The minimum Gasteiger partial charge on any atom is -0.479 e. The summed E-state index contributed by atoms with van der Waals surface area (Å²) in [6, 6.07) is 3.53. The zero-order valence-electron chi connectivity index (χ0n) is 7.67. The van der Waals surface area contributed by atoms with E-state index in [2.05, 4.69) is 4.98 Å². The van der Waals surface area contributed by atoms with Crippen LogP contribution in [0.5, 0.6) is 0 Å². The topological polar surface area (TPSA) is 70.4 Å². The lowest BCUT2D eigenvalue weighted by Gasteiger charge is -2.16. The third-order valence-electron chi connectivity index (χ3n) is 1.63. The number of nitrogens with zero attached hydrogens (tertiary/aromatic N) is 1. The quantitative estimate of drug-likeness (QED) is 0.730. The van der Waals surface area contributed by atoms with Gasteiger partial charge in [-0.3, -0.25) is 4.98 Å². The van der Waals surface area contributed by atoms with Crippen molar-refractivity contribution in [2.75, 3.05) is 5.75 Å². The lowest BCUT2D eigenvalue weighted by Crippen LogP contribution is -2.37. The number of carboxylic acid groups (broad SMARTS) is 1. The van der Waals surface area contributed by atoms with Crippen LogP contribution in [0.2, 0.25) is 0 Å². The number of carboxylic acids is 1. The van der Waals surface area contributed by atoms with Crippen LogP contribution in [0.4, 0.5) is 0 Å². The summed E-state index contributed by atoms with van der Waals surface area (Å²) < 4.78 is 0.